The fourth-order valence-electron chi connectivity index (χ4n) is 3.34. The minimum absolute atomic E-state index is 0. The van der Waals surface area contributed by atoms with Crippen LogP contribution < -0.4 is 15.4 Å². The summed E-state index contributed by atoms with van der Waals surface area (Å²) >= 11 is 0. The van der Waals surface area contributed by atoms with Crippen molar-refractivity contribution >= 4 is 29.9 Å². The summed E-state index contributed by atoms with van der Waals surface area (Å²) in [4.78, 5) is 4.71. The molecule has 1 aliphatic rings. The Kier molecular flexibility index (Phi) is 10.3. The second-order valence-corrected chi connectivity index (χ2v) is 7.26. The van der Waals surface area contributed by atoms with Gasteiger partial charge in [0.1, 0.15) is 12.4 Å². The maximum atomic E-state index is 9.66. The van der Waals surface area contributed by atoms with Crippen LogP contribution in [0.25, 0.3) is 0 Å². The van der Waals surface area contributed by atoms with Gasteiger partial charge in [-0.25, -0.2) is 4.99 Å². The van der Waals surface area contributed by atoms with E-state index in [0.29, 0.717) is 19.2 Å². The minimum atomic E-state index is -0.139. The van der Waals surface area contributed by atoms with Crippen molar-refractivity contribution in [1.82, 2.24) is 10.6 Å². The van der Waals surface area contributed by atoms with Crippen molar-refractivity contribution in [2.24, 2.45) is 4.99 Å². The smallest absolute Gasteiger partial charge is 0.191 e. The van der Waals surface area contributed by atoms with E-state index < -0.39 is 0 Å². The number of ether oxygens (including phenoxy) is 1. The van der Waals surface area contributed by atoms with Gasteiger partial charge >= 0.3 is 0 Å². The topological polar surface area (TPSA) is 65.9 Å². The van der Waals surface area contributed by atoms with E-state index >= 15 is 0 Å². The highest BCUT2D eigenvalue weighted by Crippen LogP contribution is 2.18. The summed E-state index contributed by atoms with van der Waals surface area (Å²) in [5, 5.41) is 16.5. The molecule has 0 saturated heterocycles. The monoisotopic (exact) mass is 509 g/mol. The Labute approximate surface area is 191 Å². The first-order chi connectivity index (χ1) is 13.7. The summed E-state index contributed by atoms with van der Waals surface area (Å²) in [6, 6.07) is 18.7. The third-order valence-electron chi connectivity index (χ3n) is 4.97. The molecule has 0 spiro atoms. The average molecular weight is 509 g/mol. The Bertz CT molecular complexity index is 730. The normalized spacial score (nSPS) is 19.2. The summed E-state index contributed by atoms with van der Waals surface area (Å²) in [5.74, 6) is 1.70. The molecule has 0 bridgehead atoms. The Morgan fingerprint density at radius 2 is 1.69 bits per heavy atom. The van der Waals surface area contributed by atoms with Gasteiger partial charge in [0.25, 0.3) is 0 Å². The van der Waals surface area contributed by atoms with Crippen LogP contribution in [0.4, 0.5) is 0 Å². The highest BCUT2D eigenvalue weighted by atomic mass is 127. The fourth-order valence-corrected chi connectivity index (χ4v) is 3.34. The molecule has 1 saturated carbocycles. The number of rotatable bonds is 7. The lowest BCUT2D eigenvalue weighted by Gasteiger charge is -2.27. The quantitative estimate of drug-likeness (QED) is 0.297. The van der Waals surface area contributed by atoms with Crippen LogP contribution in [0.5, 0.6) is 5.75 Å². The number of aliphatic hydroxyl groups excluding tert-OH is 1. The molecular weight excluding hydrogens is 477 g/mol. The molecule has 2 aromatic carbocycles. The van der Waals surface area contributed by atoms with Crippen LogP contribution in [0, 0.1) is 0 Å². The van der Waals surface area contributed by atoms with E-state index in [1.54, 1.807) is 0 Å². The van der Waals surface area contributed by atoms with Crippen molar-refractivity contribution in [2.75, 3.05) is 6.54 Å². The number of nitrogens with zero attached hydrogens (tertiary/aromatic N) is 1. The third kappa shape index (κ3) is 8.22. The van der Waals surface area contributed by atoms with Gasteiger partial charge in [-0.15, -0.1) is 24.0 Å². The van der Waals surface area contributed by atoms with Crippen LogP contribution in [0.3, 0.4) is 0 Å². The van der Waals surface area contributed by atoms with E-state index in [1.165, 1.54) is 0 Å². The summed E-state index contributed by atoms with van der Waals surface area (Å²) in [7, 11) is 0. The van der Waals surface area contributed by atoms with Gasteiger partial charge in [-0.3, -0.25) is 0 Å². The lowest BCUT2D eigenvalue weighted by molar-refractivity contribution is 0.120. The second-order valence-electron chi connectivity index (χ2n) is 7.26. The summed E-state index contributed by atoms with van der Waals surface area (Å²) < 4.78 is 5.84. The van der Waals surface area contributed by atoms with Crippen LogP contribution >= 0.6 is 24.0 Å². The standard InChI is InChI=1S/C23H31N3O2.HI/c1-2-24-23(26-20-10-12-21(27)13-11-20)25-16-18-8-14-22(15-9-18)28-17-19-6-4-3-5-7-19;/h3-9,14-15,20-21,27H,2,10-13,16-17H2,1H3,(H2,24,25,26);1H. The maximum absolute atomic E-state index is 9.66. The largest absolute Gasteiger partial charge is 0.489 e. The van der Waals surface area contributed by atoms with Crippen LogP contribution in [0.1, 0.15) is 43.7 Å². The number of aliphatic hydroxyl groups is 1. The van der Waals surface area contributed by atoms with Crippen molar-refractivity contribution < 1.29 is 9.84 Å². The molecule has 3 rings (SSSR count). The van der Waals surface area contributed by atoms with Crippen molar-refractivity contribution in [3.63, 3.8) is 0 Å². The van der Waals surface area contributed by atoms with E-state index in [-0.39, 0.29) is 30.1 Å². The number of hydrogen-bond donors (Lipinski definition) is 3. The summed E-state index contributed by atoms with van der Waals surface area (Å²) in [6.07, 6.45) is 3.56. The summed E-state index contributed by atoms with van der Waals surface area (Å²) in [5.41, 5.74) is 2.30. The average Bonchev–Trinajstić information content (AvgIpc) is 2.74. The zero-order chi connectivity index (χ0) is 19.6. The number of benzene rings is 2. The van der Waals surface area contributed by atoms with Crippen LogP contribution in [0.2, 0.25) is 0 Å². The first kappa shape index (κ1) is 23.5. The lowest BCUT2D eigenvalue weighted by Crippen LogP contribution is -2.45. The Morgan fingerprint density at radius 1 is 1.00 bits per heavy atom. The number of guanidine groups is 1. The van der Waals surface area contributed by atoms with Crippen LogP contribution in [-0.4, -0.2) is 29.8 Å². The van der Waals surface area contributed by atoms with Crippen LogP contribution in [-0.2, 0) is 13.2 Å². The van der Waals surface area contributed by atoms with Gasteiger partial charge in [-0.05, 0) is 55.9 Å². The molecule has 0 aromatic heterocycles. The first-order valence-electron chi connectivity index (χ1n) is 10.2. The van der Waals surface area contributed by atoms with E-state index in [2.05, 4.69) is 41.8 Å². The van der Waals surface area contributed by atoms with Gasteiger partial charge in [-0.2, -0.15) is 0 Å². The Hall–Kier alpha value is -1.80. The molecule has 0 unspecified atom stereocenters. The zero-order valence-electron chi connectivity index (χ0n) is 17.0. The first-order valence-corrected chi connectivity index (χ1v) is 10.2. The highest BCUT2D eigenvalue weighted by molar-refractivity contribution is 14.0. The molecular formula is C23H32IN3O2. The molecule has 1 fully saturated rings. The number of nitrogens with one attached hydrogen (secondary N) is 2. The molecule has 6 heteroatoms. The molecule has 1 aliphatic carbocycles. The minimum Gasteiger partial charge on any atom is -0.489 e. The van der Waals surface area contributed by atoms with E-state index in [0.717, 1.165) is 55.1 Å². The number of halogens is 1. The van der Waals surface area contributed by atoms with Crippen molar-refractivity contribution in [2.45, 2.75) is 57.9 Å². The van der Waals surface area contributed by atoms with E-state index in [4.69, 9.17) is 9.73 Å². The van der Waals surface area contributed by atoms with Crippen LogP contribution in [0.15, 0.2) is 59.6 Å². The summed E-state index contributed by atoms with van der Waals surface area (Å²) in [6.45, 7) is 4.08. The molecule has 0 aliphatic heterocycles. The molecule has 158 valence electrons. The van der Waals surface area contributed by atoms with Gasteiger partial charge in [-0.1, -0.05) is 42.5 Å². The Morgan fingerprint density at radius 3 is 2.34 bits per heavy atom. The molecule has 5 nitrogen and oxygen atoms in total. The molecule has 29 heavy (non-hydrogen) atoms. The van der Waals surface area contributed by atoms with Crippen molar-refractivity contribution in [1.29, 1.82) is 0 Å². The lowest BCUT2D eigenvalue weighted by atomic mass is 9.93. The molecule has 0 atom stereocenters. The van der Waals surface area contributed by atoms with Crippen molar-refractivity contribution in [3.05, 3.63) is 65.7 Å². The fraction of sp³-hybridized carbons (Fsp3) is 0.435. The predicted octanol–water partition coefficient (Wildman–Crippen LogP) is 4.24. The van der Waals surface area contributed by atoms with Gasteiger partial charge in [0.2, 0.25) is 0 Å². The van der Waals surface area contributed by atoms with Gasteiger partial charge in [0.05, 0.1) is 12.6 Å². The number of aliphatic imine (C=N–C) groups is 1. The van der Waals surface area contributed by atoms with Gasteiger partial charge in [0.15, 0.2) is 5.96 Å². The maximum Gasteiger partial charge on any atom is 0.191 e. The highest BCUT2D eigenvalue weighted by Gasteiger charge is 2.19. The Balaban J connectivity index is 0.00000300. The predicted molar refractivity (Wildman–Crippen MR) is 129 cm³/mol. The van der Waals surface area contributed by atoms with E-state index in [1.807, 2.05) is 30.3 Å². The third-order valence-corrected chi connectivity index (χ3v) is 4.97. The SMILES string of the molecule is CCNC(=NCc1ccc(OCc2ccccc2)cc1)NC1CCC(O)CC1.I. The molecule has 0 radical (unpaired) electrons. The molecule has 3 N–H and O–H groups in total. The number of hydrogen-bond acceptors (Lipinski definition) is 3. The molecule has 0 heterocycles. The molecule has 0 amide bonds. The van der Waals surface area contributed by atoms with E-state index in [9.17, 15) is 5.11 Å². The van der Waals surface area contributed by atoms with Crippen molar-refractivity contribution in [3.8, 4) is 5.75 Å². The van der Waals surface area contributed by atoms with Gasteiger partial charge in [0, 0.05) is 12.6 Å². The second kappa shape index (κ2) is 12.7. The molecule has 2 aromatic rings. The zero-order valence-corrected chi connectivity index (χ0v) is 19.3. The van der Waals surface area contributed by atoms with Gasteiger partial charge < -0.3 is 20.5 Å².